The van der Waals surface area contributed by atoms with Gasteiger partial charge in [0.25, 0.3) is 0 Å². The largest absolute Gasteiger partial charge is 0.468 e. The Morgan fingerprint density at radius 2 is 2.18 bits per heavy atom. The van der Waals surface area contributed by atoms with E-state index in [4.69, 9.17) is 9.15 Å². The van der Waals surface area contributed by atoms with Crippen molar-refractivity contribution >= 4 is 17.8 Å². The van der Waals surface area contributed by atoms with Crippen LogP contribution in [-0.2, 0) is 19.1 Å². The molecule has 118 valence electrons. The second-order valence-corrected chi connectivity index (χ2v) is 5.76. The predicted octanol–water partition coefficient (Wildman–Crippen LogP) is 0.477. The molecule has 2 aliphatic rings. The molecule has 0 saturated carbocycles. The molecule has 2 saturated heterocycles. The van der Waals surface area contributed by atoms with E-state index in [1.54, 1.807) is 26.0 Å². The number of amides is 2. The molecule has 0 aromatic carbocycles. The van der Waals surface area contributed by atoms with Gasteiger partial charge in [-0.3, -0.25) is 24.6 Å². The minimum absolute atomic E-state index is 0.279. The van der Waals surface area contributed by atoms with Crippen molar-refractivity contribution in [2.45, 2.75) is 25.4 Å². The van der Waals surface area contributed by atoms with E-state index in [-0.39, 0.29) is 18.4 Å². The number of imide groups is 1. The maximum atomic E-state index is 12.6. The number of nitrogens with one attached hydrogen (secondary N) is 1. The molecule has 1 aromatic rings. The minimum Gasteiger partial charge on any atom is -0.468 e. The van der Waals surface area contributed by atoms with Crippen LogP contribution in [0.5, 0.6) is 0 Å². The van der Waals surface area contributed by atoms with Gasteiger partial charge >= 0.3 is 5.97 Å². The maximum absolute atomic E-state index is 12.6. The van der Waals surface area contributed by atoms with Crippen LogP contribution in [0.4, 0.5) is 0 Å². The Morgan fingerprint density at radius 3 is 2.73 bits per heavy atom. The zero-order valence-electron chi connectivity index (χ0n) is 12.7. The highest BCUT2D eigenvalue weighted by Gasteiger charge is 2.67. The molecule has 7 nitrogen and oxygen atoms in total. The van der Waals surface area contributed by atoms with Gasteiger partial charge in [-0.2, -0.15) is 0 Å². The lowest BCUT2D eigenvalue weighted by molar-refractivity contribution is -0.153. The monoisotopic (exact) mass is 306 g/mol. The first kappa shape index (κ1) is 14.8. The molecule has 2 fully saturated rings. The summed E-state index contributed by atoms with van der Waals surface area (Å²) in [5, 5.41) is 3.09. The number of fused-ring (bicyclic) bond motifs is 1. The van der Waals surface area contributed by atoms with Crippen LogP contribution < -0.4 is 5.32 Å². The number of carbonyl (C=O) groups is 3. The third-order valence-corrected chi connectivity index (χ3v) is 4.65. The van der Waals surface area contributed by atoms with Gasteiger partial charge in [0.15, 0.2) is 0 Å². The summed E-state index contributed by atoms with van der Waals surface area (Å²) >= 11 is 0. The van der Waals surface area contributed by atoms with E-state index >= 15 is 0 Å². The molecule has 4 atom stereocenters. The second kappa shape index (κ2) is 4.95. The summed E-state index contributed by atoms with van der Waals surface area (Å²) in [7, 11) is 1.27. The molecule has 2 aliphatic heterocycles. The van der Waals surface area contributed by atoms with E-state index < -0.39 is 29.4 Å². The quantitative estimate of drug-likeness (QED) is 0.645. The Balaban J connectivity index is 2.09. The fourth-order valence-electron chi connectivity index (χ4n) is 3.62. The lowest BCUT2D eigenvalue weighted by Crippen LogP contribution is -2.53. The number of rotatable bonds is 3. The van der Waals surface area contributed by atoms with Gasteiger partial charge in [0.1, 0.15) is 11.3 Å². The van der Waals surface area contributed by atoms with E-state index in [2.05, 4.69) is 5.32 Å². The van der Waals surface area contributed by atoms with E-state index in [0.29, 0.717) is 5.76 Å². The summed E-state index contributed by atoms with van der Waals surface area (Å²) in [6.45, 7) is 3.62. The summed E-state index contributed by atoms with van der Waals surface area (Å²) in [6.07, 6.45) is 1.50. The number of carbonyl (C=O) groups excluding carboxylic acids is 3. The van der Waals surface area contributed by atoms with Crippen molar-refractivity contribution < 1.29 is 23.5 Å². The second-order valence-electron chi connectivity index (χ2n) is 5.76. The number of methoxy groups -OCH3 is 1. The van der Waals surface area contributed by atoms with Crippen molar-refractivity contribution in [3.63, 3.8) is 0 Å². The Labute approximate surface area is 127 Å². The van der Waals surface area contributed by atoms with Gasteiger partial charge in [0.2, 0.25) is 11.8 Å². The number of hydrogen-bond acceptors (Lipinski definition) is 6. The zero-order chi connectivity index (χ0) is 16.1. The maximum Gasteiger partial charge on any atom is 0.326 e. The van der Waals surface area contributed by atoms with Crippen molar-refractivity contribution in [1.82, 2.24) is 10.2 Å². The summed E-state index contributed by atoms with van der Waals surface area (Å²) in [6, 6.07) is 2.90. The first-order chi connectivity index (χ1) is 10.5. The summed E-state index contributed by atoms with van der Waals surface area (Å²) in [4.78, 5) is 38.7. The molecule has 3 heterocycles. The molecule has 0 bridgehead atoms. The van der Waals surface area contributed by atoms with Crippen LogP contribution in [0.25, 0.3) is 0 Å². The molecule has 2 amide bonds. The molecule has 0 aliphatic carbocycles. The lowest BCUT2D eigenvalue weighted by Gasteiger charge is -2.27. The zero-order valence-corrected chi connectivity index (χ0v) is 12.7. The number of likely N-dealkylation sites (tertiary alicyclic amines) is 1. The molecule has 3 rings (SSSR count). The van der Waals surface area contributed by atoms with Crippen LogP contribution in [0, 0.1) is 11.8 Å². The lowest BCUT2D eigenvalue weighted by atomic mass is 9.81. The Morgan fingerprint density at radius 1 is 1.45 bits per heavy atom. The first-order valence-corrected chi connectivity index (χ1v) is 7.20. The molecule has 0 unspecified atom stereocenters. The van der Waals surface area contributed by atoms with Crippen molar-refractivity contribution in [2.75, 3.05) is 13.7 Å². The van der Waals surface area contributed by atoms with Gasteiger partial charge in [-0.15, -0.1) is 0 Å². The topological polar surface area (TPSA) is 88.9 Å². The highest BCUT2D eigenvalue weighted by atomic mass is 16.5. The smallest absolute Gasteiger partial charge is 0.326 e. The Hall–Kier alpha value is -2.15. The highest BCUT2D eigenvalue weighted by molar-refractivity contribution is 6.09. The SMILES string of the molecule is CCN1C(=O)[C@@H]2[C@@H](C1=O)[C@](C)(C(=O)OC)N[C@H]2c1ccco1. The average Bonchev–Trinajstić information content (AvgIpc) is 3.17. The highest BCUT2D eigenvalue weighted by Crippen LogP contribution is 2.48. The minimum atomic E-state index is -1.26. The third-order valence-electron chi connectivity index (χ3n) is 4.65. The molecule has 22 heavy (non-hydrogen) atoms. The van der Waals surface area contributed by atoms with Crippen LogP contribution in [-0.4, -0.2) is 41.9 Å². The fraction of sp³-hybridized carbons (Fsp3) is 0.533. The standard InChI is InChI=1S/C15H18N2O5/c1-4-17-12(18)9-10(13(17)19)15(2,14(20)21-3)16-11(9)8-6-5-7-22-8/h5-7,9-11,16H,4H2,1-3H3/t9-,10+,11+,15-/m1/s1. The van der Waals surface area contributed by atoms with Crippen molar-refractivity contribution in [1.29, 1.82) is 0 Å². The van der Waals surface area contributed by atoms with E-state index in [1.165, 1.54) is 18.3 Å². The van der Waals surface area contributed by atoms with Crippen molar-refractivity contribution in [3.8, 4) is 0 Å². The van der Waals surface area contributed by atoms with E-state index in [1.807, 2.05) is 0 Å². The molecule has 0 spiro atoms. The van der Waals surface area contributed by atoms with E-state index in [0.717, 1.165) is 0 Å². The van der Waals surface area contributed by atoms with Crippen LogP contribution in [0.1, 0.15) is 25.6 Å². The summed E-state index contributed by atoms with van der Waals surface area (Å²) < 4.78 is 10.2. The van der Waals surface area contributed by atoms with Crippen molar-refractivity contribution in [2.24, 2.45) is 11.8 Å². The van der Waals surface area contributed by atoms with Crippen LogP contribution in [0.3, 0.4) is 0 Å². The average molecular weight is 306 g/mol. The van der Waals surface area contributed by atoms with Gasteiger partial charge in [0, 0.05) is 6.54 Å². The van der Waals surface area contributed by atoms with Crippen molar-refractivity contribution in [3.05, 3.63) is 24.2 Å². The number of ether oxygens (including phenoxy) is 1. The van der Waals surface area contributed by atoms with Gasteiger partial charge in [-0.25, -0.2) is 0 Å². The van der Waals surface area contributed by atoms with E-state index in [9.17, 15) is 14.4 Å². The van der Waals surface area contributed by atoms with Crippen LogP contribution in [0.2, 0.25) is 0 Å². The van der Waals surface area contributed by atoms with Crippen LogP contribution >= 0.6 is 0 Å². The van der Waals surface area contributed by atoms with Gasteiger partial charge in [-0.05, 0) is 26.0 Å². The van der Waals surface area contributed by atoms with Gasteiger partial charge in [0.05, 0.1) is 31.3 Å². The number of nitrogens with zero attached hydrogens (tertiary/aromatic N) is 1. The predicted molar refractivity (Wildman–Crippen MR) is 74.4 cm³/mol. The molecular weight excluding hydrogens is 288 g/mol. The Bertz CT molecular complexity index is 626. The normalized spacial score (nSPS) is 34.1. The third kappa shape index (κ3) is 1.75. The van der Waals surface area contributed by atoms with Crippen LogP contribution in [0.15, 0.2) is 22.8 Å². The van der Waals surface area contributed by atoms with Gasteiger partial charge < -0.3 is 9.15 Å². The number of hydrogen-bond donors (Lipinski definition) is 1. The Kier molecular flexibility index (Phi) is 3.32. The number of esters is 1. The molecule has 0 radical (unpaired) electrons. The molecule has 1 N–H and O–H groups in total. The first-order valence-electron chi connectivity index (χ1n) is 7.20. The number of furan rings is 1. The molecule has 7 heteroatoms. The summed E-state index contributed by atoms with van der Waals surface area (Å²) in [5.74, 6) is -2.10. The summed E-state index contributed by atoms with van der Waals surface area (Å²) in [5.41, 5.74) is -1.26. The fourth-order valence-corrected chi connectivity index (χ4v) is 3.62. The molecule has 1 aromatic heterocycles. The molecular formula is C15H18N2O5. The van der Waals surface area contributed by atoms with Gasteiger partial charge in [-0.1, -0.05) is 0 Å².